The number of nitrogens with zero attached hydrogens (tertiary/aromatic N) is 1. The first-order valence-corrected chi connectivity index (χ1v) is 9.63. The summed E-state index contributed by atoms with van der Waals surface area (Å²) in [4.78, 5) is 14.8. The summed E-state index contributed by atoms with van der Waals surface area (Å²) >= 11 is 0. The summed E-state index contributed by atoms with van der Waals surface area (Å²) in [7, 11) is 0. The fraction of sp³-hybridized carbons (Fsp3) is 0.409. The summed E-state index contributed by atoms with van der Waals surface area (Å²) in [6.45, 7) is 6.05. The van der Waals surface area contributed by atoms with Crippen molar-refractivity contribution in [3.05, 3.63) is 65.5 Å². The minimum atomic E-state index is -0.325. The van der Waals surface area contributed by atoms with Gasteiger partial charge in [-0.1, -0.05) is 25.1 Å². The molecule has 1 aliphatic heterocycles. The SMILES string of the molecule is CCNCC1CCN(C(=O)c2cccc(COc3cccc(F)c3)c2)CC1. The molecule has 2 aromatic carbocycles. The molecule has 0 radical (unpaired) electrons. The molecule has 4 nitrogen and oxygen atoms in total. The van der Waals surface area contributed by atoms with Crippen LogP contribution in [-0.4, -0.2) is 37.0 Å². The van der Waals surface area contributed by atoms with Crippen LogP contribution in [0.25, 0.3) is 0 Å². The Morgan fingerprint density at radius 1 is 1.19 bits per heavy atom. The van der Waals surface area contributed by atoms with Gasteiger partial charge in [-0.25, -0.2) is 4.39 Å². The lowest BCUT2D eigenvalue weighted by molar-refractivity contribution is 0.0690. The monoisotopic (exact) mass is 370 g/mol. The van der Waals surface area contributed by atoms with Crippen molar-refractivity contribution >= 4 is 5.91 Å². The Kier molecular flexibility index (Phi) is 6.82. The Labute approximate surface area is 160 Å². The quantitative estimate of drug-likeness (QED) is 0.805. The summed E-state index contributed by atoms with van der Waals surface area (Å²) in [6.07, 6.45) is 2.09. The molecule has 144 valence electrons. The van der Waals surface area contributed by atoms with Crippen molar-refractivity contribution in [3.63, 3.8) is 0 Å². The molecule has 0 aromatic heterocycles. The van der Waals surface area contributed by atoms with E-state index in [0.717, 1.165) is 44.6 Å². The topological polar surface area (TPSA) is 41.6 Å². The van der Waals surface area contributed by atoms with E-state index in [-0.39, 0.29) is 11.7 Å². The largest absolute Gasteiger partial charge is 0.489 e. The van der Waals surface area contributed by atoms with Gasteiger partial charge in [0.25, 0.3) is 5.91 Å². The third-order valence-electron chi connectivity index (χ3n) is 4.96. The van der Waals surface area contributed by atoms with Crippen molar-refractivity contribution < 1.29 is 13.9 Å². The smallest absolute Gasteiger partial charge is 0.253 e. The van der Waals surface area contributed by atoms with E-state index in [1.807, 2.05) is 29.2 Å². The van der Waals surface area contributed by atoms with E-state index in [0.29, 0.717) is 23.8 Å². The standard InChI is InChI=1S/C22H27FN2O2/c1-2-24-15-17-9-11-25(12-10-17)22(26)19-6-3-5-18(13-19)16-27-21-8-4-7-20(23)14-21/h3-8,13-14,17,24H,2,9-12,15-16H2,1H3. The summed E-state index contributed by atoms with van der Waals surface area (Å²) in [5.74, 6) is 0.882. The van der Waals surface area contributed by atoms with E-state index in [2.05, 4.69) is 12.2 Å². The molecule has 1 heterocycles. The van der Waals surface area contributed by atoms with Crippen LogP contribution in [-0.2, 0) is 6.61 Å². The molecule has 27 heavy (non-hydrogen) atoms. The molecule has 0 bridgehead atoms. The Morgan fingerprint density at radius 2 is 1.96 bits per heavy atom. The normalized spacial score (nSPS) is 15.0. The van der Waals surface area contributed by atoms with E-state index < -0.39 is 0 Å². The summed E-state index contributed by atoms with van der Waals surface area (Å²) in [5.41, 5.74) is 1.58. The fourth-order valence-corrected chi connectivity index (χ4v) is 3.39. The number of nitrogens with one attached hydrogen (secondary N) is 1. The van der Waals surface area contributed by atoms with Gasteiger partial charge in [0.2, 0.25) is 0 Å². The predicted octanol–water partition coefficient (Wildman–Crippen LogP) is 3.87. The first kappa shape index (κ1) is 19.4. The average molecular weight is 370 g/mol. The van der Waals surface area contributed by atoms with Crippen LogP contribution in [0.2, 0.25) is 0 Å². The van der Waals surface area contributed by atoms with Crippen LogP contribution in [0.4, 0.5) is 4.39 Å². The van der Waals surface area contributed by atoms with Crippen LogP contribution >= 0.6 is 0 Å². The Bertz CT molecular complexity index is 757. The van der Waals surface area contributed by atoms with Gasteiger partial charge in [0.15, 0.2) is 0 Å². The number of amides is 1. The fourth-order valence-electron chi connectivity index (χ4n) is 3.39. The Morgan fingerprint density at radius 3 is 2.70 bits per heavy atom. The second kappa shape index (κ2) is 9.51. The average Bonchev–Trinajstić information content (AvgIpc) is 2.71. The first-order valence-electron chi connectivity index (χ1n) is 9.63. The molecule has 1 N–H and O–H groups in total. The van der Waals surface area contributed by atoms with E-state index in [4.69, 9.17) is 4.74 Å². The zero-order valence-corrected chi connectivity index (χ0v) is 15.8. The van der Waals surface area contributed by atoms with Gasteiger partial charge in [0.05, 0.1) is 0 Å². The van der Waals surface area contributed by atoms with Gasteiger partial charge in [-0.3, -0.25) is 4.79 Å². The van der Waals surface area contributed by atoms with Crippen molar-refractivity contribution in [2.45, 2.75) is 26.4 Å². The summed E-state index contributed by atoms with van der Waals surface area (Å²) in [5, 5.41) is 3.39. The number of piperidine rings is 1. The minimum Gasteiger partial charge on any atom is -0.489 e. The van der Waals surface area contributed by atoms with Crippen LogP contribution < -0.4 is 10.1 Å². The lowest BCUT2D eigenvalue weighted by atomic mass is 9.96. The Hall–Kier alpha value is -2.40. The Balaban J connectivity index is 1.56. The number of carbonyl (C=O) groups excluding carboxylic acids is 1. The zero-order valence-electron chi connectivity index (χ0n) is 15.8. The number of ether oxygens (including phenoxy) is 1. The highest BCUT2D eigenvalue weighted by atomic mass is 19.1. The summed E-state index contributed by atoms with van der Waals surface area (Å²) in [6, 6.07) is 13.6. The second-order valence-electron chi connectivity index (χ2n) is 6.99. The molecule has 1 amide bonds. The van der Waals surface area contributed by atoms with E-state index in [1.165, 1.54) is 12.1 Å². The van der Waals surface area contributed by atoms with Crippen molar-refractivity contribution in [2.24, 2.45) is 5.92 Å². The molecule has 3 rings (SSSR count). The van der Waals surface area contributed by atoms with Crippen LogP contribution in [0.5, 0.6) is 5.75 Å². The third-order valence-corrected chi connectivity index (χ3v) is 4.96. The lowest BCUT2D eigenvalue weighted by Crippen LogP contribution is -2.40. The van der Waals surface area contributed by atoms with Gasteiger partial charge >= 0.3 is 0 Å². The molecule has 0 saturated carbocycles. The van der Waals surface area contributed by atoms with E-state index in [9.17, 15) is 9.18 Å². The van der Waals surface area contributed by atoms with E-state index >= 15 is 0 Å². The number of hydrogen-bond donors (Lipinski definition) is 1. The number of benzene rings is 2. The molecule has 1 saturated heterocycles. The third kappa shape index (κ3) is 5.54. The van der Waals surface area contributed by atoms with Crippen LogP contribution in [0.15, 0.2) is 48.5 Å². The van der Waals surface area contributed by atoms with Crippen molar-refractivity contribution in [3.8, 4) is 5.75 Å². The van der Waals surface area contributed by atoms with Crippen LogP contribution in [0.1, 0.15) is 35.7 Å². The maximum atomic E-state index is 13.2. The number of hydrogen-bond acceptors (Lipinski definition) is 3. The number of halogens is 1. The molecule has 1 fully saturated rings. The molecule has 0 atom stereocenters. The second-order valence-corrected chi connectivity index (χ2v) is 6.99. The molecular weight excluding hydrogens is 343 g/mol. The number of likely N-dealkylation sites (tertiary alicyclic amines) is 1. The molecular formula is C22H27FN2O2. The van der Waals surface area contributed by atoms with Crippen LogP contribution in [0, 0.1) is 11.7 Å². The lowest BCUT2D eigenvalue weighted by Gasteiger charge is -2.32. The molecule has 1 aliphatic rings. The molecule has 5 heteroatoms. The van der Waals surface area contributed by atoms with Crippen LogP contribution in [0.3, 0.4) is 0 Å². The molecule has 0 unspecified atom stereocenters. The highest BCUT2D eigenvalue weighted by Gasteiger charge is 2.23. The van der Waals surface area contributed by atoms with Gasteiger partial charge in [-0.2, -0.15) is 0 Å². The molecule has 2 aromatic rings. The summed E-state index contributed by atoms with van der Waals surface area (Å²) < 4.78 is 18.9. The zero-order chi connectivity index (χ0) is 19.1. The molecule has 0 spiro atoms. The van der Waals surface area contributed by atoms with Crippen molar-refractivity contribution in [1.29, 1.82) is 0 Å². The molecule has 0 aliphatic carbocycles. The van der Waals surface area contributed by atoms with Crippen molar-refractivity contribution in [2.75, 3.05) is 26.2 Å². The van der Waals surface area contributed by atoms with E-state index in [1.54, 1.807) is 12.1 Å². The maximum absolute atomic E-state index is 13.2. The van der Waals surface area contributed by atoms with Gasteiger partial charge in [0, 0.05) is 24.7 Å². The number of rotatable bonds is 7. The first-order chi connectivity index (χ1) is 13.2. The highest BCUT2D eigenvalue weighted by Crippen LogP contribution is 2.20. The van der Waals surface area contributed by atoms with Crippen molar-refractivity contribution in [1.82, 2.24) is 10.2 Å². The highest BCUT2D eigenvalue weighted by molar-refractivity contribution is 5.94. The minimum absolute atomic E-state index is 0.0736. The number of carbonyl (C=O) groups is 1. The van der Waals surface area contributed by atoms with Gasteiger partial charge in [0.1, 0.15) is 18.2 Å². The van der Waals surface area contributed by atoms with Gasteiger partial charge < -0.3 is 15.0 Å². The van der Waals surface area contributed by atoms with Gasteiger partial charge in [-0.05, 0) is 61.7 Å². The predicted molar refractivity (Wildman–Crippen MR) is 104 cm³/mol. The maximum Gasteiger partial charge on any atom is 0.253 e. The van der Waals surface area contributed by atoms with Gasteiger partial charge in [-0.15, -0.1) is 0 Å².